The van der Waals surface area contributed by atoms with Gasteiger partial charge in [0.05, 0.1) is 0 Å². The Kier molecular flexibility index (Phi) is 3.31. The van der Waals surface area contributed by atoms with Gasteiger partial charge in [-0.3, -0.25) is 5.41 Å². The highest BCUT2D eigenvalue weighted by molar-refractivity contribution is 5.88. The molecule has 0 heterocycles. The first-order valence-corrected chi connectivity index (χ1v) is 4.22. The van der Waals surface area contributed by atoms with Gasteiger partial charge in [-0.05, 0) is 17.9 Å². The molecular weight excluding hydrogens is 146 g/mol. The lowest BCUT2D eigenvalue weighted by atomic mass is 10.0. The summed E-state index contributed by atoms with van der Waals surface area (Å²) >= 11 is 0. The van der Waals surface area contributed by atoms with E-state index in [2.05, 4.69) is 12.8 Å². The van der Waals surface area contributed by atoms with E-state index in [0.717, 1.165) is 24.0 Å². The largest absolute Gasteiger partial charge is 0.258 e. The second-order valence-corrected chi connectivity index (χ2v) is 2.72. The van der Waals surface area contributed by atoms with E-state index in [-0.39, 0.29) is 0 Å². The van der Waals surface area contributed by atoms with E-state index < -0.39 is 0 Å². The summed E-state index contributed by atoms with van der Waals surface area (Å²) < 4.78 is 0. The second-order valence-electron chi connectivity index (χ2n) is 2.72. The number of allylic oxidation sites excluding steroid dienone is 1. The Bertz CT molecular complexity index is 281. The number of rotatable bonds is 3. The van der Waals surface area contributed by atoms with Gasteiger partial charge in [-0.1, -0.05) is 43.7 Å². The first-order chi connectivity index (χ1) is 5.88. The van der Waals surface area contributed by atoms with Crippen LogP contribution in [-0.4, -0.2) is 5.87 Å². The van der Waals surface area contributed by atoms with Gasteiger partial charge in [0.25, 0.3) is 0 Å². The van der Waals surface area contributed by atoms with Crippen LogP contribution >= 0.6 is 0 Å². The molecule has 0 amide bonds. The zero-order valence-electron chi connectivity index (χ0n) is 7.30. The van der Waals surface area contributed by atoms with Crippen molar-refractivity contribution in [3.63, 3.8) is 0 Å². The first kappa shape index (κ1) is 8.76. The standard InChI is InChI=1S/C11H13N/c1-2-6-11(9-12)10-7-4-3-5-8-10/h3-5,7-8,12H,2,6H2,1H3. The molecule has 0 saturated heterocycles. The topological polar surface area (TPSA) is 23.9 Å². The van der Waals surface area contributed by atoms with Gasteiger partial charge < -0.3 is 0 Å². The normalized spacial score (nSPS) is 9.08. The van der Waals surface area contributed by atoms with E-state index >= 15 is 0 Å². The quantitative estimate of drug-likeness (QED) is 0.655. The molecule has 1 nitrogen and oxygen atoms in total. The van der Waals surface area contributed by atoms with Crippen molar-refractivity contribution in [3.8, 4) is 0 Å². The summed E-state index contributed by atoms with van der Waals surface area (Å²) in [4.78, 5) is 0. The SMILES string of the molecule is CCCC(=C=N)c1ccccc1. The van der Waals surface area contributed by atoms with Gasteiger partial charge in [0.15, 0.2) is 0 Å². The fraction of sp³-hybridized carbons (Fsp3) is 0.273. The van der Waals surface area contributed by atoms with Crippen LogP contribution in [0.2, 0.25) is 0 Å². The van der Waals surface area contributed by atoms with Gasteiger partial charge in [0.1, 0.15) is 0 Å². The summed E-state index contributed by atoms with van der Waals surface area (Å²) in [5.41, 5.74) is 2.12. The van der Waals surface area contributed by atoms with Crippen molar-refractivity contribution in [1.82, 2.24) is 0 Å². The molecule has 0 atom stereocenters. The molecule has 1 N–H and O–H groups in total. The van der Waals surface area contributed by atoms with Crippen LogP contribution in [-0.2, 0) is 0 Å². The van der Waals surface area contributed by atoms with E-state index in [4.69, 9.17) is 5.41 Å². The number of hydrogen-bond acceptors (Lipinski definition) is 1. The maximum atomic E-state index is 7.11. The van der Waals surface area contributed by atoms with Crippen LogP contribution in [0.15, 0.2) is 30.3 Å². The molecule has 12 heavy (non-hydrogen) atoms. The van der Waals surface area contributed by atoms with E-state index in [1.807, 2.05) is 30.3 Å². The molecule has 0 aliphatic carbocycles. The Hall–Kier alpha value is -1.33. The molecule has 0 spiro atoms. The van der Waals surface area contributed by atoms with Gasteiger partial charge >= 0.3 is 0 Å². The summed E-state index contributed by atoms with van der Waals surface area (Å²) in [6.07, 6.45) is 2.00. The van der Waals surface area contributed by atoms with Crippen LogP contribution in [0.3, 0.4) is 0 Å². The average molecular weight is 159 g/mol. The van der Waals surface area contributed by atoms with Crippen molar-refractivity contribution in [3.05, 3.63) is 35.9 Å². The minimum Gasteiger partial charge on any atom is -0.258 e. The minimum absolute atomic E-state index is 0.938. The molecule has 0 bridgehead atoms. The molecular formula is C11H13N. The van der Waals surface area contributed by atoms with Gasteiger partial charge in [-0.2, -0.15) is 0 Å². The number of nitrogens with one attached hydrogen (secondary N) is 1. The van der Waals surface area contributed by atoms with Gasteiger partial charge in [-0.25, -0.2) is 0 Å². The predicted molar refractivity (Wildman–Crippen MR) is 52.5 cm³/mol. The predicted octanol–water partition coefficient (Wildman–Crippen LogP) is 3.12. The molecule has 0 aliphatic rings. The molecule has 1 aromatic rings. The molecule has 1 aromatic carbocycles. The van der Waals surface area contributed by atoms with E-state index in [1.54, 1.807) is 0 Å². The molecule has 0 saturated carbocycles. The van der Waals surface area contributed by atoms with Crippen molar-refractivity contribution >= 4 is 11.4 Å². The van der Waals surface area contributed by atoms with Crippen LogP contribution in [0.5, 0.6) is 0 Å². The van der Waals surface area contributed by atoms with Crippen molar-refractivity contribution in [2.45, 2.75) is 19.8 Å². The molecule has 1 rings (SSSR count). The molecule has 0 aliphatic heterocycles. The molecule has 0 unspecified atom stereocenters. The first-order valence-electron chi connectivity index (χ1n) is 4.22. The van der Waals surface area contributed by atoms with Crippen LogP contribution < -0.4 is 0 Å². The highest BCUT2D eigenvalue weighted by Crippen LogP contribution is 2.15. The maximum absolute atomic E-state index is 7.11. The number of hydrogen-bond donors (Lipinski definition) is 1. The molecule has 0 radical (unpaired) electrons. The van der Waals surface area contributed by atoms with E-state index in [1.165, 1.54) is 0 Å². The third kappa shape index (κ3) is 2.08. The summed E-state index contributed by atoms with van der Waals surface area (Å²) in [7, 11) is 0. The summed E-state index contributed by atoms with van der Waals surface area (Å²) in [6, 6.07) is 10.0. The Balaban J connectivity index is 2.89. The van der Waals surface area contributed by atoms with Crippen molar-refractivity contribution in [2.24, 2.45) is 0 Å². The van der Waals surface area contributed by atoms with Crippen LogP contribution in [0.1, 0.15) is 25.3 Å². The lowest BCUT2D eigenvalue weighted by molar-refractivity contribution is 0.977. The van der Waals surface area contributed by atoms with Crippen molar-refractivity contribution in [1.29, 1.82) is 5.41 Å². The second kappa shape index (κ2) is 4.53. The highest BCUT2D eigenvalue weighted by Gasteiger charge is 1.97. The molecule has 1 heteroatoms. The Morgan fingerprint density at radius 3 is 2.50 bits per heavy atom. The summed E-state index contributed by atoms with van der Waals surface area (Å²) in [5.74, 6) is 2.49. The Labute approximate surface area is 73.3 Å². The van der Waals surface area contributed by atoms with E-state index in [9.17, 15) is 0 Å². The average Bonchev–Trinajstić information content (AvgIpc) is 2.15. The molecule has 62 valence electrons. The smallest absolute Gasteiger partial charge is 0.0201 e. The monoisotopic (exact) mass is 159 g/mol. The minimum atomic E-state index is 0.938. The third-order valence-electron chi connectivity index (χ3n) is 1.77. The van der Waals surface area contributed by atoms with Gasteiger partial charge in [-0.15, -0.1) is 0 Å². The van der Waals surface area contributed by atoms with Crippen LogP contribution in [0.4, 0.5) is 0 Å². The maximum Gasteiger partial charge on any atom is 0.0201 e. The fourth-order valence-corrected chi connectivity index (χ4v) is 1.17. The number of benzene rings is 1. The third-order valence-corrected chi connectivity index (χ3v) is 1.77. The molecule has 0 fully saturated rings. The fourth-order valence-electron chi connectivity index (χ4n) is 1.17. The molecule has 0 aromatic heterocycles. The zero-order chi connectivity index (χ0) is 8.81. The van der Waals surface area contributed by atoms with E-state index in [0.29, 0.717) is 0 Å². The summed E-state index contributed by atoms with van der Waals surface area (Å²) in [6.45, 7) is 2.11. The van der Waals surface area contributed by atoms with Crippen molar-refractivity contribution in [2.75, 3.05) is 0 Å². The van der Waals surface area contributed by atoms with Crippen LogP contribution in [0, 0.1) is 5.41 Å². The lowest BCUT2D eigenvalue weighted by Gasteiger charge is -2.00. The zero-order valence-corrected chi connectivity index (χ0v) is 7.30. The Morgan fingerprint density at radius 1 is 1.33 bits per heavy atom. The van der Waals surface area contributed by atoms with Crippen LogP contribution in [0.25, 0.3) is 5.57 Å². The van der Waals surface area contributed by atoms with Gasteiger partial charge in [0, 0.05) is 5.57 Å². The van der Waals surface area contributed by atoms with Gasteiger partial charge in [0.2, 0.25) is 0 Å². The summed E-state index contributed by atoms with van der Waals surface area (Å²) in [5, 5.41) is 7.11. The lowest BCUT2D eigenvalue weighted by Crippen LogP contribution is -1.83. The Morgan fingerprint density at radius 2 is 2.00 bits per heavy atom. The van der Waals surface area contributed by atoms with Crippen molar-refractivity contribution < 1.29 is 0 Å². The highest BCUT2D eigenvalue weighted by atomic mass is 14.3.